The minimum absolute atomic E-state index is 0.133. The lowest BCUT2D eigenvalue weighted by molar-refractivity contribution is 0.0255. The van der Waals surface area contributed by atoms with Crippen molar-refractivity contribution in [2.45, 2.75) is 32.8 Å². The maximum Gasteiger partial charge on any atom is 0.410 e. The Labute approximate surface area is 124 Å². The van der Waals surface area contributed by atoms with E-state index in [4.69, 9.17) is 9.15 Å². The largest absolute Gasteiger partial charge is 0.459 e. The van der Waals surface area contributed by atoms with Gasteiger partial charge in [-0.1, -0.05) is 0 Å². The van der Waals surface area contributed by atoms with Crippen LogP contribution in [0.1, 0.15) is 37.7 Å². The smallest absolute Gasteiger partial charge is 0.410 e. The summed E-state index contributed by atoms with van der Waals surface area (Å²) < 4.78 is 10.5. The fraction of sp³-hybridized carbons (Fsp3) is 0.600. The van der Waals surface area contributed by atoms with Crippen LogP contribution in [0.2, 0.25) is 0 Å². The average molecular weight is 294 g/mol. The Morgan fingerprint density at radius 3 is 2.43 bits per heavy atom. The summed E-state index contributed by atoms with van der Waals surface area (Å²) in [5.74, 6) is 0.201. The van der Waals surface area contributed by atoms with Crippen molar-refractivity contribution in [2.24, 2.45) is 0 Å². The van der Waals surface area contributed by atoms with Gasteiger partial charge in [-0.05, 0) is 39.3 Å². The van der Waals surface area contributed by atoms with Gasteiger partial charge in [0.05, 0.1) is 6.26 Å². The highest BCUT2D eigenvalue weighted by Crippen LogP contribution is 2.13. The van der Waals surface area contributed by atoms with E-state index in [-0.39, 0.29) is 12.0 Å². The molecule has 1 aliphatic rings. The first kappa shape index (κ1) is 15.4. The Hall–Kier alpha value is -1.98. The van der Waals surface area contributed by atoms with Crippen LogP contribution in [0.4, 0.5) is 4.79 Å². The molecule has 1 fully saturated rings. The maximum atomic E-state index is 12.2. The summed E-state index contributed by atoms with van der Waals surface area (Å²) in [5.41, 5.74) is -0.507. The third kappa shape index (κ3) is 4.24. The van der Waals surface area contributed by atoms with Gasteiger partial charge in [-0.25, -0.2) is 4.79 Å². The number of carbonyl (C=O) groups excluding carboxylic acids is 2. The van der Waals surface area contributed by atoms with Gasteiger partial charge in [-0.15, -0.1) is 0 Å². The molecule has 21 heavy (non-hydrogen) atoms. The monoisotopic (exact) mass is 294 g/mol. The summed E-state index contributed by atoms with van der Waals surface area (Å²) in [6.45, 7) is 7.69. The van der Waals surface area contributed by atoms with E-state index in [1.54, 1.807) is 21.9 Å². The minimum atomic E-state index is -0.507. The van der Waals surface area contributed by atoms with Crippen molar-refractivity contribution < 1.29 is 18.7 Å². The fourth-order valence-corrected chi connectivity index (χ4v) is 2.19. The van der Waals surface area contributed by atoms with Crippen molar-refractivity contribution in [3.05, 3.63) is 24.2 Å². The second kappa shape index (κ2) is 6.20. The summed E-state index contributed by atoms with van der Waals surface area (Å²) in [6, 6.07) is 3.34. The van der Waals surface area contributed by atoms with Crippen LogP contribution < -0.4 is 0 Å². The number of carbonyl (C=O) groups is 2. The van der Waals surface area contributed by atoms with Gasteiger partial charge in [0.25, 0.3) is 5.91 Å². The Morgan fingerprint density at radius 2 is 1.81 bits per heavy atom. The van der Waals surface area contributed by atoms with Gasteiger partial charge in [0.2, 0.25) is 0 Å². The Bertz CT molecular complexity index is 490. The molecule has 1 aromatic rings. The Kier molecular flexibility index (Phi) is 4.55. The molecule has 0 bridgehead atoms. The third-order valence-electron chi connectivity index (χ3n) is 3.17. The normalized spacial score (nSPS) is 16.5. The number of nitrogens with zero attached hydrogens (tertiary/aromatic N) is 2. The summed E-state index contributed by atoms with van der Waals surface area (Å²) in [4.78, 5) is 27.6. The molecule has 2 rings (SSSR count). The van der Waals surface area contributed by atoms with Crippen molar-refractivity contribution in [2.75, 3.05) is 26.2 Å². The van der Waals surface area contributed by atoms with Crippen LogP contribution in [0.3, 0.4) is 0 Å². The maximum absolute atomic E-state index is 12.2. The predicted octanol–water partition coefficient (Wildman–Crippen LogP) is 2.36. The van der Waals surface area contributed by atoms with Crippen molar-refractivity contribution in [3.8, 4) is 0 Å². The Balaban J connectivity index is 1.93. The molecule has 1 aliphatic heterocycles. The minimum Gasteiger partial charge on any atom is -0.459 e. The highest BCUT2D eigenvalue weighted by Gasteiger charge is 2.26. The zero-order valence-electron chi connectivity index (χ0n) is 12.8. The quantitative estimate of drug-likeness (QED) is 0.797. The van der Waals surface area contributed by atoms with E-state index in [2.05, 4.69) is 0 Å². The molecule has 2 amide bonds. The van der Waals surface area contributed by atoms with Crippen molar-refractivity contribution in [3.63, 3.8) is 0 Å². The van der Waals surface area contributed by atoms with E-state index in [9.17, 15) is 9.59 Å². The van der Waals surface area contributed by atoms with E-state index >= 15 is 0 Å². The SMILES string of the molecule is CC(C)(C)OC(=O)N1CCCN(C(=O)c2ccco2)CC1. The second-order valence-electron chi connectivity index (χ2n) is 6.09. The topological polar surface area (TPSA) is 63.0 Å². The molecule has 2 heterocycles. The standard InChI is InChI=1S/C15H22N2O4/c1-15(2,3)21-14(19)17-8-5-7-16(9-10-17)13(18)12-6-4-11-20-12/h4,6,11H,5,7-10H2,1-3H3. The van der Waals surface area contributed by atoms with E-state index in [1.165, 1.54) is 6.26 Å². The lowest BCUT2D eigenvalue weighted by atomic mass is 10.2. The molecule has 1 saturated heterocycles. The van der Waals surface area contributed by atoms with E-state index in [0.717, 1.165) is 6.42 Å². The molecular formula is C15H22N2O4. The molecule has 0 unspecified atom stereocenters. The van der Waals surface area contributed by atoms with Crippen LogP contribution in [0, 0.1) is 0 Å². The van der Waals surface area contributed by atoms with Gasteiger partial charge >= 0.3 is 6.09 Å². The fourth-order valence-electron chi connectivity index (χ4n) is 2.19. The lowest BCUT2D eigenvalue weighted by Crippen LogP contribution is -2.40. The molecular weight excluding hydrogens is 272 g/mol. The number of ether oxygens (including phenoxy) is 1. The first-order valence-electron chi connectivity index (χ1n) is 7.17. The van der Waals surface area contributed by atoms with Crippen LogP contribution in [0.25, 0.3) is 0 Å². The number of rotatable bonds is 1. The predicted molar refractivity (Wildman–Crippen MR) is 77.0 cm³/mol. The number of hydrogen-bond acceptors (Lipinski definition) is 4. The molecule has 0 aromatic carbocycles. The molecule has 0 saturated carbocycles. The zero-order valence-corrected chi connectivity index (χ0v) is 12.8. The van der Waals surface area contributed by atoms with Gasteiger partial charge in [-0.2, -0.15) is 0 Å². The van der Waals surface area contributed by atoms with E-state index in [1.807, 2.05) is 20.8 Å². The van der Waals surface area contributed by atoms with Crippen LogP contribution in [0.5, 0.6) is 0 Å². The van der Waals surface area contributed by atoms with E-state index in [0.29, 0.717) is 31.9 Å². The highest BCUT2D eigenvalue weighted by atomic mass is 16.6. The highest BCUT2D eigenvalue weighted by molar-refractivity contribution is 5.91. The van der Waals surface area contributed by atoms with Gasteiger partial charge in [0.15, 0.2) is 5.76 Å². The van der Waals surface area contributed by atoms with E-state index < -0.39 is 5.60 Å². The van der Waals surface area contributed by atoms with Crippen molar-refractivity contribution >= 4 is 12.0 Å². The first-order chi connectivity index (χ1) is 9.87. The number of amides is 2. The number of furan rings is 1. The Morgan fingerprint density at radius 1 is 1.14 bits per heavy atom. The molecule has 0 radical (unpaired) electrons. The molecule has 0 spiro atoms. The molecule has 0 atom stereocenters. The zero-order chi connectivity index (χ0) is 15.5. The molecule has 6 heteroatoms. The van der Waals surface area contributed by atoms with Crippen LogP contribution in [-0.2, 0) is 4.74 Å². The van der Waals surface area contributed by atoms with Gasteiger partial charge < -0.3 is 19.0 Å². The first-order valence-corrected chi connectivity index (χ1v) is 7.17. The molecule has 116 valence electrons. The molecule has 6 nitrogen and oxygen atoms in total. The summed E-state index contributed by atoms with van der Waals surface area (Å²) in [7, 11) is 0. The molecule has 1 aromatic heterocycles. The molecule has 0 N–H and O–H groups in total. The van der Waals surface area contributed by atoms with Crippen molar-refractivity contribution in [1.29, 1.82) is 0 Å². The molecule has 0 aliphatic carbocycles. The van der Waals surface area contributed by atoms with Crippen LogP contribution >= 0.6 is 0 Å². The van der Waals surface area contributed by atoms with Crippen LogP contribution in [-0.4, -0.2) is 53.6 Å². The van der Waals surface area contributed by atoms with Crippen molar-refractivity contribution in [1.82, 2.24) is 9.80 Å². The van der Waals surface area contributed by atoms with Gasteiger partial charge in [-0.3, -0.25) is 4.79 Å². The van der Waals surface area contributed by atoms with Gasteiger partial charge in [0.1, 0.15) is 5.60 Å². The third-order valence-corrected chi connectivity index (χ3v) is 3.17. The second-order valence-corrected chi connectivity index (χ2v) is 6.09. The number of hydrogen-bond donors (Lipinski definition) is 0. The summed E-state index contributed by atoms with van der Waals surface area (Å²) in [6.07, 6.45) is 1.89. The summed E-state index contributed by atoms with van der Waals surface area (Å²) in [5, 5.41) is 0. The lowest BCUT2D eigenvalue weighted by Gasteiger charge is -2.26. The average Bonchev–Trinajstić information content (AvgIpc) is 2.80. The summed E-state index contributed by atoms with van der Waals surface area (Å²) >= 11 is 0. The van der Waals surface area contributed by atoms with Crippen LogP contribution in [0.15, 0.2) is 22.8 Å². The van der Waals surface area contributed by atoms with Gasteiger partial charge in [0, 0.05) is 26.2 Å².